The standard InChI is InChI=1S/C11H8N4O2/c12-5-8-3-1-2-4-10(8)9-6-13-11(14-7-9)15(16)17/h2,4,6-7H,1,3H2. The zero-order chi connectivity index (χ0) is 12.3. The Morgan fingerprint density at radius 2 is 2.12 bits per heavy atom. The van der Waals surface area contributed by atoms with Crippen molar-refractivity contribution in [3.05, 3.63) is 45.8 Å². The predicted octanol–water partition coefficient (Wildman–Crippen LogP) is 2.01. The van der Waals surface area contributed by atoms with Crippen LogP contribution in [0, 0.1) is 21.4 Å². The highest BCUT2D eigenvalue weighted by Gasteiger charge is 2.14. The fraction of sp³-hybridized carbons (Fsp3) is 0.182. The van der Waals surface area contributed by atoms with Gasteiger partial charge in [0.25, 0.3) is 0 Å². The number of aromatic nitrogens is 2. The molecule has 0 aromatic carbocycles. The molecule has 1 heterocycles. The minimum absolute atomic E-state index is 0.437. The second kappa shape index (κ2) is 4.53. The summed E-state index contributed by atoms with van der Waals surface area (Å²) in [7, 11) is 0. The summed E-state index contributed by atoms with van der Waals surface area (Å²) in [6.45, 7) is 0. The lowest BCUT2D eigenvalue weighted by molar-refractivity contribution is -0.394. The molecule has 6 heteroatoms. The molecule has 84 valence electrons. The maximum absolute atomic E-state index is 10.4. The van der Waals surface area contributed by atoms with Crippen LogP contribution < -0.4 is 0 Å². The number of nitrogens with zero attached hydrogens (tertiary/aromatic N) is 4. The van der Waals surface area contributed by atoms with E-state index in [0.717, 1.165) is 12.0 Å². The Morgan fingerprint density at radius 1 is 1.41 bits per heavy atom. The van der Waals surface area contributed by atoms with E-state index in [0.29, 0.717) is 17.6 Å². The molecule has 0 saturated heterocycles. The van der Waals surface area contributed by atoms with Crippen molar-refractivity contribution < 1.29 is 4.92 Å². The minimum atomic E-state index is -0.653. The molecule has 1 aliphatic carbocycles. The Hall–Kier alpha value is -2.55. The monoisotopic (exact) mass is 228 g/mol. The molecular formula is C11H8N4O2. The van der Waals surface area contributed by atoms with Gasteiger partial charge in [-0.1, -0.05) is 22.1 Å². The number of nitro groups is 1. The van der Waals surface area contributed by atoms with Crippen LogP contribution in [0.25, 0.3) is 5.57 Å². The van der Waals surface area contributed by atoms with Crippen LogP contribution in [-0.4, -0.2) is 14.9 Å². The Kier molecular flexibility index (Phi) is 2.92. The molecule has 0 saturated carbocycles. The predicted molar refractivity (Wildman–Crippen MR) is 59.6 cm³/mol. The van der Waals surface area contributed by atoms with E-state index in [1.54, 1.807) is 0 Å². The van der Waals surface area contributed by atoms with Gasteiger partial charge in [0, 0.05) is 11.1 Å². The molecule has 1 aromatic rings. The summed E-state index contributed by atoms with van der Waals surface area (Å²) < 4.78 is 0. The third kappa shape index (κ3) is 2.18. The molecule has 0 N–H and O–H groups in total. The Bertz CT molecular complexity index is 552. The lowest BCUT2D eigenvalue weighted by Gasteiger charge is -2.08. The molecule has 1 aromatic heterocycles. The van der Waals surface area contributed by atoms with Gasteiger partial charge in [0.05, 0.1) is 11.6 Å². The highest BCUT2D eigenvalue weighted by Crippen LogP contribution is 2.26. The van der Waals surface area contributed by atoms with Gasteiger partial charge >= 0.3 is 5.95 Å². The molecule has 17 heavy (non-hydrogen) atoms. The van der Waals surface area contributed by atoms with E-state index in [2.05, 4.69) is 16.0 Å². The highest BCUT2D eigenvalue weighted by molar-refractivity contribution is 5.79. The fourth-order valence-electron chi connectivity index (χ4n) is 1.61. The van der Waals surface area contributed by atoms with Crippen LogP contribution in [0.2, 0.25) is 0 Å². The maximum atomic E-state index is 10.4. The normalized spacial score (nSPS) is 14.5. The molecule has 0 unspecified atom stereocenters. The van der Waals surface area contributed by atoms with Crippen LogP contribution in [0.1, 0.15) is 18.4 Å². The van der Waals surface area contributed by atoms with E-state index < -0.39 is 10.9 Å². The van der Waals surface area contributed by atoms with Gasteiger partial charge in [0.2, 0.25) is 0 Å². The van der Waals surface area contributed by atoms with Crippen molar-refractivity contribution in [3.8, 4) is 6.07 Å². The third-order valence-electron chi connectivity index (χ3n) is 2.42. The number of hydrogen-bond donors (Lipinski definition) is 0. The molecule has 0 bridgehead atoms. The Balaban J connectivity index is 2.41. The van der Waals surface area contributed by atoms with Crippen molar-refractivity contribution >= 4 is 11.5 Å². The zero-order valence-electron chi connectivity index (χ0n) is 8.83. The van der Waals surface area contributed by atoms with Crippen LogP contribution in [0.5, 0.6) is 0 Å². The number of rotatable bonds is 2. The van der Waals surface area contributed by atoms with Crippen molar-refractivity contribution in [1.29, 1.82) is 5.26 Å². The van der Waals surface area contributed by atoms with E-state index in [-0.39, 0.29) is 0 Å². The first-order valence-corrected chi connectivity index (χ1v) is 4.99. The second-order valence-electron chi connectivity index (χ2n) is 3.47. The molecule has 0 aliphatic heterocycles. The zero-order valence-corrected chi connectivity index (χ0v) is 8.83. The highest BCUT2D eigenvalue weighted by atomic mass is 16.6. The topological polar surface area (TPSA) is 92.7 Å². The summed E-state index contributed by atoms with van der Waals surface area (Å²) in [6.07, 6.45) is 8.03. The first kappa shape index (κ1) is 11.0. The van der Waals surface area contributed by atoms with Crippen LogP contribution in [0.15, 0.2) is 30.1 Å². The summed E-state index contributed by atoms with van der Waals surface area (Å²) in [5.41, 5.74) is 2.03. The largest absolute Gasteiger partial charge is 0.468 e. The third-order valence-corrected chi connectivity index (χ3v) is 2.42. The van der Waals surface area contributed by atoms with Gasteiger partial charge < -0.3 is 10.1 Å². The van der Waals surface area contributed by atoms with Gasteiger partial charge in [-0.2, -0.15) is 5.26 Å². The first-order valence-electron chi connectivity index (χ1n) is 4.99. The molecule has 0 spiro atoms. The summed E-state index contributed by atoms with van der Waals surface area (Å²) in [5.74, 6) is -0.437. The van der Waals surface area contributed by atoms with Crippen molar-refractivity contribution in [2.45, 2.75) is 12.8 Å². The van der Waals surface area contributed by atoms with Gasteiger partial charge in [-0.15, -0.1) is 0 Å². The van der Waals surface area contributed by atoms with Gasteiger partial charge in [-0.05, 0) is 17.8 Å². The van der Waals surface area contributed by atoms with Crippen LogP contribution in [0.3, 0.4) is 0 Å². The quantitative estimate of drug-likeness (QED) is 0.570. The molecule has 1 aliphatic rings. The average Bonchev–Trinajstić information content (AvgIpc) is 2.39. The summed E-state index contributed by atoms with van der Waals surface area (Å²) in [5, 5.41) is 19.4. The molecular weight excluding hydrogens is 220 g/mol. The van der Waals surface area contributed by atoms with Crippen molar-refractivity contribution in [2.24, 2.45) is 0 Å². The smallest absolute Gasteiger partial charge is 0.390 e. The van der Waals surface area contributed by atoms with Gasteiger partial charge in [-0.3, -0.25) is 0 Å². The van der Waals surface area contributed by atoms with Crippen LogP contribution in [-0.2, 0) is 0 Å². The Morgan fingerprint density at radius 3 is 2.71 bits per heavy atom. The SMILES string of the molecule is N#CC1=C(c2cnc([N+](=O)[O-])nc2)C=CCC1. The lowest BCUT2D eigenvalue weighted by atomic mass is 9.95. The van der Waals surface area contributed by atoms with Crippen LogP contribution >= 0.6 is 0 Å². The van der Waals surface area contributed by atoms with Crippen molar-refractivity contribution in [2.75, 3.05) is 0 Å². The van der Waals surface area contributed by atoms with Crippen molar-refractivity contribution in [1.82, 2.24) is 9.97 Å². The first-order chi connectivity index (χ1) is 8.22. The summed E-state index contributed by atoms with van der Waals surface area (Å²) in [4.78, 5) is 17.0. The average molecular weight is 228 g/mol. The molecule has 0 fully saturated rings. The van der Waals surface area contributed by atoms with E-state index in [9.17, 15) is 10.1 Å². The number of hydrogen-bond acceptors (Lipinski definition) is 5. The fourth-order valence-corrected chi connectivity index (χ4v) is 1.61. The molecule has 2 rings (SSSR count). The molecule has 0 amide bonds. The lowest BCUT2D eigenvalue weighted by Crippen LogP contribution is -1.98. The maximum Gasteiger partial charge on any atom is 0.468 e. The van der Waals surface area contributed by atoms with E-state index in [1.807, 2.05) is 12.2 Å². The molecule has 0 radical (unpaired) electrons. The number of nitriles is 1. The summed E-state index contributed by atoms with van der Waals surface area (Å²) in [6, 6.07) is 2.13. The van der Waals surface area contributed by atoms with Crippen LogP contribution in [0.4, 0.5) is 5.95 Å². The minimum Gasteiger partial charge on any atom is -0.390 e. The second-order valence-corrected chi connectivity index (χ2v) is 3.47. The molecule has 0 atom stereocenters. The molecule has 6 nitrogen and oxygen atoms in total. The van der Waals surface area contributed by atoms with Crippen molar-refractivity contribution in [3.63, 3.8) is 0 Å². The van der Waals surface area contributed by atoms with E-state index >= 15 is 0 Å². The van der Waals surface area contributed by atoms with Gasteiger partial charge in [0.15, 0.2) is 0 Å². The Labute approximate surface area is 97.1 Å². The van der Waals surface area contributed by atoms with E-state index in [4.69, 9.17) is 5.26 Å². The van der Waals surface area contributed by atoms with Gasteiger partial charge in [-0.25, -0.2) is 0 Å². The van der Waals surface area contributed by atoms with E-state index in [1.165, 1.54) is 12.4 Å². The number of allylic oxidation sites excluding steroid dienone is 4. The summed E-state index contributed by atoms with van der Waals surface area (Å²) >= 11 is 0. The van der Waals surface area contributed by atoms with Gasteiger partial charge in [0.1, 0.15) is 12.4 Å².